The van der Waals surface area contributed by atoms with Crippen LogP contribution in [0, 0.1) is 0 Å². The highest BCUT2D eigenvalue weighted by molar-refractivity contribution is 7.88. The van der Waals surface area contributed by atoms with Crippen molar-refractivity contribution in [2.45, 2.75) is 38.2 Å². The molecular weight excluding hydrogens is 252 g/mol. The second-order valence-corrected chi connectivity index (χ2v) is 6.64. The molecule has 6 heteroatoms. The van der Waals surface area contributed by atoms with Crippen LogP contribution >= 0.6 is 0 Å². The molecule has 0 spiro atoms. The van der Waals surface area contributed by atoms with Gasteiger partial charge >= 0.3 is 0 Å². The summed E-state index contributed by atoms with van der Waals surface area (Å²) >= 11 is 0. The maximum absolute atomic E-state index is 10.9. The van der Waals surface area contributed by atoms with Gasteiger partial charge in [0.05, 0.1) is 17.4 Å². The van der Waals surface area contributed by atoms with Crippen molar-refractivity contribution in [3.05, 3.63) is 29.8 Å². The maximum atomic E-state index is 10.9. The molecule has 1 rings (SSSR count). The number of benzene rings is 1. The smallest absolute Gasteiger partial charge is 0.213 e. The van der Waals surface area contributed by atoms with Gasteiger partial charge in [0.2, 0.25) is 10.0 Å². The molecule has 0 saturated heterocycles. The maximum Gasteiger partial charge on any atom is 0.213 e. The van der Waals surface area contributed by atoms with Crippen LogP contribution in [0.3, 0.4) is 0 Å². The van der Waals surface area contributed by atoms with Gasteiger partial charge in [0.25, 0.3) is 0 Å². The normalized spacial score (nSPS) is 14.3. The first-order chi connectivity index (χ1) is 8.08. The van der Waals surface area contributed by atoms with E-state index in [0.717, 1.165) is 5.69 Å². The van der Waals surface area contributed by atoms with E-state index in [2.05, 4.69) is 5.32 Å². The van der Waals surface area contributed by atoms with E-state index in [-0.39, 0.29) is 11.8 Å². The zero-order valence-corrected chi connectivity index (χ0v) is 11.7. The first-order valence-electron chi connectivity index (χ1n) is 5.66. The van der Waals surface area contributed by atoms with E-state index in [1.165, 1.54) is 0 Å². The van der Waals surface area contributed by atoms with Crippen LogP contribution in [-0.2, 0) is 15.8 Å². The van der Waals surface area contributed by atoms with Crippen molar-refractivity contribution >= 4 is 15.7 Å². The first kappa shape index (κ1) is 14.9. The average Bonchev–Trinajstić information content (AvgIpc) is 2.17. The number of nitrogens with two attached hydrogens (primary N) is 1. The van der Waals surface area contributed by atoms with Gasteiger partial charge in [-0.25, -0.2) is 13.6 Å². The van der Waals surface area contributed by atoms with Crippen LogP contribution in [0.5, 0.6) is 0 Å². The van der Waals surface area contributed by atoms with Crippen LogP contribution in [0.4, 0.5) is 5.69 Å². The highest BCUT2D eigenvalue weighted by Crippen LogP contribution is 2.16. The Kier molecular flexibility index (Phi) is 4.37. The molecule has 0 aliphatic carbocycles. The Hall–Kier alpha value is -1.11. The molecule has 5 nitrogen and oxygen atoms in total. The Morgan fingerprint density at radius 1 is 1.33 bits per heavy atom. The van der Waals surface area contributed by atoms with Gasteiger partial charge in [0.1, 0.15) is 0 Å². The molecule has 0 aliphatic heterocycles. The minimum absolute atomic E-state index is 0.124. The van der Waals surface area contributed by atoms with E-state index < -0.39 is 15.6 Å². The zero-order chi connectivity index (χ0) is 14.0. The molecule has 1 atom stereocenters. The van der Waals surface area contributed by atoms with Crippen molar-refractivity contribution in [3.8, 4) is 0 Å². The SMILES string of the molecule is CC(Nc1ccc(CS(N)(=O)=O)cc1)C(C)(C)O. The summed E-state index contributed by atoms with van der Waals surface area (Å²) in [5.41, 5.74) is 0.626. The van der Waals surface area contributed by atoms with Crippen LogP contribution in [0.15, 0.2) is 24.3 Å². The Balaban J connectivity index is 2.72. The Morgan fingerprint density at radius 3 is 2.22 bits per heavy atom. The molecule has 1 aromatic rings. The molecular formula is C12H20N2O3S. The summed E-state index contributed by atoms with van der Waals surface area (Å²) in [6, 6.07) is 6.81. The summed E-state index contributed by atoms with van der Waals surface area (Å²) in [6.07, 6.45) is 0. The molecule has 0 aromatic heterocycles. The predicted molar refractivity (Wildman–Crippen MR) is 72.6 cm³/mol. The van der Waals surface area contributed by atoms with Crippen LogP contribution in [0.1, 0.15) is 26.3 Å². The summed E-state index contributed by atoms with van der Waals surface area (Å²) in [5.74, 6) is -0.172. The van der Waals surface area contributed by atoms with Gasteiger partial charge in [-0.3, -0.25) is 0 Å². The highest BCUT2D eigenvalue weighted by Gasteiger charge is 2.21. The van der Waals surface area contributed by atoms with E-state index in [0.29, 0.717) is 5.56 Å². The molecule has 0 radical (unpaired) electrons. The topological polar surface area (TPSA) is 92.4 Å². The quantitative estimate of drug-likeness (QED) is 0.747. The summed E-state index contributed by atoms with van der Waals surface area (Å²) in [5, 5.41) is 17.9. The number of nitrogens with one attached hydrogen (secondary N) is 1. The molecule has 1 aromatic carbocycles. The lowest BCUT2D eigenvalue weighted by molar-refractivity contribution is 0.0649. The number of hydrogen-bond acceptors (Lipinski definition) is 4. The molecule has 4 N–H and O–H groups in total. The Labute approximate surface area is 108 Å². The minimum Gasteiger partial charge on any atom is -0.388 e. The third-order valence-electron chi connectivity index (χ3n) is 2.76. The third-order valence-corrected chi connectivity index (χ3v) is 3.50. The number of anilines is 1. The average molecular weight is 272 g/mol. The second-order valence-electron chi connectivity index (χ2n) is 5.02. The molecule has 0 saturated carbocycles. The van der Waals surface area contributed by atoms with Gasteiger partial charge in [-0.1, -0.05) is 12.1 Å². The van der Waals surface area contributed by atoms with Gasteiger partial charge < -0.3 is 10.4 Å². The van der Waals surface area contributed by atoms with Crippen molar-refractivity contribution in [1.29, 1.82) is 0 Å². The molecule has 1 unspecified atom stereocenters. The molecule has 0 bridgehead atoms. The fourth-order valence-electron chi connectivity index (χ4n) is 1.36. The molecule has 0 heterocycles. The lowest BCUT2D eigenvalue weighted by Crippen LogP contribution is -2.39. The van der Waals surface area contributed by atoms with Gasteiger partial charge in [0.15, 0.2) is 0 Å². The standard InChI is InChI=1S/C12H20N2O3S/c1-9(12(2,3)15)14-11-6-4-10(5-7-11)8-18(13,16)17/h4-7,9,14-15H,8H2,1-3H3,(H2,13,16,17). The fourth-order valence-corrected chi connectivity index (χ4v) is 2.01. The number of sulfonamides is 1. The first-order valence-corrected chi connectivity index (χ1v) is 7.38. The van der Waals surface area contributed by atoms with Crippen molar-refractivity contribution in [3.63, 3.8) is 0 Å². The molecule has 0 amide bonds. The molecule has 102 valence electrons. The lowest BCUT2D eigenvalue weighted by atomic mass is 10.0. The van der Waals surface area contributed by atoms with Crippen molar-refractivity contribution in [2.24, 2.45) is 5.14 Å². The van der Waals surface area contributed by atoms with Crippen molar-refractivity contribution in [2.75, 3.05) is 5.32 Å². The van der Waals surface area contributed by atoms with Gasteiger partial charge in [-0.05, 0) is 38.5 Å². The summed E-state index contributed by atoms with van der Waals surface area (Å²) < 4.78 is 21.8. The summed E-state index contributed by atoms with van der Waals surface area (Å²) in [6.45, 7) is 5.32. The van der Waals surface area contributed by atoms with Crippen LogP contribution in [0.2, 0.25) is 0 Å². The van der Waals surface area contributed by atoms with Crippen LogP contribution in [0.25, 0.3) is 0 Å². The number of aliphatic hydroxyl groups is 1. The van der Waals surface area contributed by atoms with E-state index in [9.17, 15) is 13.5 Å². The van der Waals surface area contributed by atoms with E-state index in [1.807, 2.05) is 6.92 Å². The third kappa shape index (κ3) is 5.03. The van der Waals surface area contributed by atoms with Crippen LogP contribution in [-0.4, -0.2) is 25.2 Å². The Bertz CT molecular complexity index is 489. The Morgan fingerprint density at radius 2 is 1.83 bits per heavy atom. The van der Waals surface area contributed by atoms with Crippen LogP contribution < -0.4 is 10.5 Å². The summed E-state index contributed by atoms with van der Waals surface area (Å²) in [7, 11) is -3.50. The van der Waals surface area contributed by atoms with E-state index >= 15 is 0 Å². The second kappa shape index (κ2) is 5.26. The highest BCUT2D eigenvalue weighted by atomic mass is 32.2. The number of rotatable bonds is 5. The van der Waals surface area contributed by atoms with Gasteiger partial charge in [-0.15, -0.1) is 0 Å². The predicted octanol–water partition coefficient (Wildman–Crippen LogP) is 1.05. The molecule has 0 fully saturated rings. The van der Waals surface area contributed by atoms with Crippen molar-refractivity contribution < 1.29 is 13.5 Å². The fraction of sp³-hybridized carbons (Fsp3) is 0.500. The zero-order valence-electron chi connectivity index (χ0n) is 10.8. The lowest BCUT2D eigenvalue weighted by Gasteiger charge is -2.27. The number of primary sulfonamides is 1. The largest absolute Gasteiger partial charge is 0.388 e. The van der Waals surface area contributed by atoms with E-state index in [1.54, 1.807) is 38.1 Å². The van der Waals surface area contributed by atoms with Gasteiger partial charge in [-0.2, -0.15) is 0 Å². The van der Waals surface area contributed by atoms with E-state index in [4.69, 9.17) is 5.14 Å². The molecule has 18 heavy (non-hydrogen) atoms. The monoisotopic (exact) mass is 272 g/mol. The number of hydrogen-bond donors (Lipinski definition) is 3. The van der Waals surface area contributed by atoms with Gasteiger partial charge in [0, 0.05) is 5.69 Å². The molecule has 0 aliphatic rings. The minimum atomic E-state index is -3.50. The van der Waals surface area contributed by atoms with Crippen molar-refractivity contribution in [1.82, 2.24) is 0 Å². The summed E-state index contributed by atoms with van der Waals surface area (Å²) in [4.78, 5) is 0.